The Morgan fingerprint density at radius 1 is 0.659 bits per heavy atom. The Morgan fingerprint density at radius 3 is 1.76 bits per heavy atom. The van der Waals surface area contributed by atoms with Crippen LogP contribution in [-0.4, -0.2) is 25.8 Å². The molecule has 198 valence electrons. The van der Waals surface area contributed by atoms with Crippen molar-refractivity contribution in [2.45, 2.75) is 6.54 Å². The number of H-pyrrole nitrogens is 2. The predicted octanol–water partition coefficient (Wildman–Crippen LogP) is 8.02. The van der Waals surface area contributed by atoms with Gasteiger partial charge in [0.15, 0.2) is 0 Å². The standard InChI is InChI=1S/C34H24BrN5O/c35-24-7-1-21(2-8-24)20-36-34(41)23-5-3-22(4-6-23)33-31-15-13-29(39-31)18-27-11-9-25(37-27)17-26-10-12-28(38-26)19-30-14-16-32(33)40-30/h1-19,37-38H,20H2,(H,36,41). The second-order valence-electron chi connectivity index (χ2n) is 9.94. The summed E-state index contributed by atoms with van der Waals surface area (Å²) in [5.74, 6) is -0.123. The van der Waals surface area contributed by atoms with Crippen molar-refractivity contribution in [1.29, 1.82) is 0 Å². The molecule has 3 N–H and O–H groups in total. The number of carbonyl (C=O) groups excluding carboxylic acids is 1. The minimum absolute atomic E-state index is 0.123. The molecule has 5 heterocycles. The lowest BCUT2D eigenvalue weighted by Crippen LogP contribution is -2.22. The molecule has 5 aromatic rings. The Kier molecular flexibility index (Phi) is 6.41. The molecule has 1 amide bonds. The average Bonchev–Trinajstić information content (AvgIpc) is 3.80. The number of nitrogens with zero attached hydrogens (tertiary/aromatic N) is 2. The molecule has 41 heavy (non-hydrogen) atoms. The van der Waals surface area contributed by atoms with E-state index in [1.54, 1.807) is 0 Å². The van der Waals surface area contributed by atoms with Crippen LogP contribution in [0.15, 0.2) is 95.5 Å². The smallest absolute Gasteiger partial charge is 0.251 e. The number of benzene rings is 2. The van der Waals surface area contributed by atoms with Crippen LogP contribution in [0, 0.1) is 0 Å². The summed E-state index contributed by atoms with van der Waals surface area (Å²) in [5, 5.41) is 3.00. The van der Waals surface area contributed by atoms with E-state index in [9.17, 15) is 4.79 Å². The first kappa shape index (κ1) is 25.0. The second-order valence-corrected chi connectivity index (χ2v) is 10.9. The molecule has 7 rings (SSSR count). The number of aromatic amines is 2. The molecule has 0 saturated carbocycles. The Morgan fingerprint density at radius 2 is 1.20 bits per heavy atom. The molecular weight excluding hydrogens is 574 g/mol. The number of hydrogen-bond donors (Lipinski definition) is 3. The van der Waals surface area contributed by atoms with Gasteiger partial charge in [0.05, 0.1) is 22.8 Å². The molecule has 2 aromatic carbocycles. The first-order valence-corrected chi connectivity index (χ1v) is 14.1. The van der Waals surface area contributed by atoms with Crippen LogP contribution in [0.25, 0.3) is 57.5 Å². The number of nitrogens with one attached hydrogen (secondary N) is 3. The van der Waals surface area contributed by atoms with Gasteiger partial charge in [-0.05, 0) is 102 Å². The van der Waals surface area contributed by atoms with Crippen LogP contribution in [0.5, 0.6) is 0 Å². The van der Waals surface area contributed by atoms with Crippen LogP contribution in [-0.2, 0) is 6.54 Å². The van der Waals surface area contributed by atoms with Gasteiger partial charge in [-0.15, -0.1) is 0 Å². The third kappa shape index (κ3) is 5.40. The maximum Gasteiger partial charge on any atom is 0.251 e. The van der Waals surface area contributed by atoms with Crippen LogP contribution in [0.4, 0.5) is 0 Å². The topological polar surface area (TPSA) is 86.5 Å². The molecule has 2 aliphatic rings. The number of halogens is 1. The summed E-state index contributed by atoms with van der Waals surface area (Å²) in [4.78, 5) is 29.6. The van der Waals surface area contributed by atoms with Gasteiger partial charge in [-0.25, -0.2) is 9.97 Å². The SMILES string of the molecule is O=C(NCc1ccc(Br)cc1)c1ccc(-c2c3nc(cc4ccc(cc5ccc(cc6nc2C=C6)[nH]5)[nH]4)C=C3)cc1. The molecule has 0 aliphatic carbocycles. The van der Waals surface area contributed by atoms with Crippen LogP contribution >= 0.6 is 15.9 Å². The van der Waals surface area contributed by atoms with Crippen molar-refractivity contribution in [2.75, 3.05) is 0 Å². The van der Waals surface area contributed by atoms with Gasteiger partial charge in [0.2, 0.25) is 0 Å². The largest absolute Gasteiger partial charge is 0.355 e. The van der Waals surface area contributed by atoms with Crippen LogP contribution in [0.2, 0.25) is 0 Å². The summed E-state index contributed by atoms with van der Waals surface area (Å²) < 4.78 is 1.01. The van der Waals surface area contributed by atoms with Crippen molar-refractivity contribution < 1.29 is 4.79 Å². The van der Waals surface area contributed by atoms with Gasteiger partial charge in [0.1, 0.15) is 0 Å². The maximum atomic E-state index is 12.9. The van der Waals surface area contributed by atoms with Gasteiger partial charge < -0.3 is 15.3 Å². The average molecular weight is 599 g/mol. The zero-order valence-electron chi connectivity index (χ0n) is 21.9. The van der Waals surface area contributed by atoms with Crippen molar-refractivity contribution in [3.8, 4) is 11.1 Å². The number of carbonyl (C=O) groups is 1. The predicted molar refractivity (Wildman–Crippen MR) is 170 cm³/mol. The lowest BCUT2D eigenvalue weighted by Gasteiger charge is -2.08. The van der Waals surface area contributed by atoms with E-state index in [0.29, 0.717) is 12.1 Å². The van der Waals surface area contributed by atoms with Crippen LogP contribution in [0.3, 0.4) is 0 Å². The Labute approximate surface area is 244 Å². The molecule has 8 bridgehead atoms. The molecule has 2 aliphatic heterocycles. The van der Waals surface area contributed by atoms with E-state index >= 15 is 0 Å². The number of amides is 1. The number of fused-ring (bicyclic) bond motifs is 8. The molecule has 3 aromatic heterocycles. The van der Waals surface area contributed by atoms with Crippen LogP contribution < -0.4 is 5.32 Å². The highest BCUT2D eigenvalue weighted by Crippen LogP contribution is 2.31. The fourth-order valence-electron chi connectivity index (χ4n) is 4.98. The Hall–Kier alpha value is -5.01. The minimum Gasteiger partial charge on any atom is -0.355 e. The van der Waals surface area contributed by atoms with E-state index in [0.717, 1.165) is 66.0 Å². The third-order valence-electron chi connectivity index (χ3n) is 7.02. The van der Waals surface area contributed by atoms with Crippen molar-refractivity contribution in [2.24, 2.45) is 0 Å². The highest BCUT2D eigenvalue weighted by Gasteiger charge is 2.15. The minimum atomic E-state index is -0.123. The first-order valence-electron chi connectivity index (χ1n) is 13.3. The molecule has 6 nitrogen and oxygen atoms in total. The van der Waals surface area contributed by atoms with Gasteiger partial charge >= 0.3 is 0 Å². The van der Waals surface area contributed by atoms with Crippen molar-refractivity contribution in [3.63, 3.8) is 0 Å². The fraction of sp³-hybridized carbons (Fsp3) is 0.0294. The van der Waals surface area contributed by atoms with Crippen molar-refractivity contribution >= 4 is 68.2 Å². The van der Waals surface area contributed by atoms with E-state index in [1.807, 2.05) is 97.1 Å². The highest BCUT2D eigenvalue weighted by atomic mass is 79.9. The fourth-order valence-corrected chi connectivity index (χ4v) is 5.24. The normalized spacial score (nSPS) is 12.0. The summed E-state index contributed by atoms with van der Waals surface area (Å²) in [6.45, 7) is 0.460. The van der Waals surface area contributed by atoms with Crippen LogP contribution in [0.1, 0.15) is 38.7 Å². The lowest BCUT2D eigenvalue weighted by atomic mass is 10.0. The molecule has 0 fully saturated rings. The Balaban J connectivity index is 1.30. The van der Waals surface area contributed by atoms with E-state index in [1.165, 1.54) is 0 Å². The van der Waals surface area contributed by atoms with E-state index in [2.05, 4.69) is 49.4 Å². The zero-order valence-corrected chi connectivity index (χ0v) is 23.4. The first-order chi connectivity index (χ1) is 20.1. The zero-order chi connectivity index (χ0) is 27.8. The summed E-state index contributed by atoms with van der Waals surface area (Å²) >= 11 is 3.44. The number of hydrogen-bond acceptors (Lipinski definition) is 3. The highest BCUT2D eigenvalue weighted by molar-refractivity contribution is 9.10. The molecule has 0 spiro atoms. The molecule has 0 saturated heterocycles. The Bertz CT molecular complexity index is 1920. The second kappa shape index (κ2) is 10.5. The monoisotopic (exact) mass is 597 g/mol. The van der Waals surface area contributed by atoms with E-state index < -0.39 is 0 Å². The molecule has 0 atom stereocenters. The van der Waals surface area contributed by atoms with Gasteiger partial charge in [0, 0.05) is 44.2 Å². The summed E-state index contributed by atoms with van der Waals surface area (Å²) in [6, 6.07) is 29.9. The molecule has 7 heteroatoms. The van der Waals surface area contributed by atoms with E-state index in [4.69, 9.17) is 9.97 Å². The summed E-state index contributed by atoms with van der Waals surface area (Å²) in [5.41, 5.74) is 10.8. The molecule has 0 unspecified atom stereocenters. The summed E-state index contributed by atoms with van der Waals surface area (Å²) in [7, 11) is 0. The van der Waals surface area contributed by atoms with Crippen molar-refractivity contribution in [1.82, 2.24) is 25.3 Å². The molecule has 0 radical (unpaired) electrons. The van der Waals surface area contributed by atoms with Gasteiger partial charge in [0.25, 0.3) is 5.91 Å². The van der Waals surface area contributed by atoms with Crippen molar-refractivity contribution in [3.05, 3.63) is 129 Å². The van der Waals surface area contributed by atoms with Gasteiger partial charge in [-0.1, -0.05) is 40.2 Å². The van der Waals surface area contributed by atoms with E-state index in [-0.39, 0.29) is 5.91 Å². The van der Waals surface area contributed by atoms with Gasteiger partial charge in [-0.3, -0.25) is 4.79 Å². The maximum absolute atomic E-state index is 12.9. The summed E-state index contributed by atoms with van der Waals surface area (Å²) in [6.07, 6.45) is 8.05. The third-order valence-corrected chi connectivity index (χ3v) is 7.55. The number of aromatic nitrogens is 4. The quantitative estimate of drug-likeness (QED) is 0.192. The molecular formula is C34H24BrN5O. The van der Waals surface area contributed by atoms with Gasteiger partial charge in [-0.2, -0.15) is 0 Å². The number of rotatable bonds is 4. The lowest BCUT2D eigenvalue weighted by molar-refractivity contribution is 0.0951.